The molecule has 0 saturated heterocycles. The Bertz CT molecular complexity index is 1210. The highest BCUT2D eigenvalue weighted by Crippen LogP contribution is 2.39. The highest BCUT2D eigenvalue weighted by Gasteiger charge is 2.28. The van der Waals surface area contributed by atoms with E-state index in [0.717, 1.165) is 20.5 Å². The second kappa shape index (κ2) is 10.5. The van der Waals surface area contributed by atoms with Gasteiger partial charge in [-0.1, -0.05) is 24.4 Å². The fourth-order valence-corrected chi connectivity index (χ4v) is 3.54. The topological polar surface area (TPSA) is 127 Å². The zero-order chi connectivity index (χ0) is 25.0. The van der Waals surface area contributed by atoms with Crippen molar-refractivity contribution < 1.29 is 36.3 Å². The normalized spacial score (nSPS) is 13.5. The van der Waals surface area contributed by atoms with Crippen molar-refractivity contribution in [2.75, 3.05) is 26.0 Å². The van der Waals surface area contributed by atoms with Crippen molar-refractivity contribution in [1.82, 2.24) is 14.0 Å². The van der Waals surface area contributed by atoms with E-state index in [-0.39, 0.29) is 17.2 Å². The predicted octanol–water partition coefficient (Wildman–Crippen LogP) is 3.09. The molecule has 3 rings (SSSR count). The Kier molecular flexibility index (Phi) is 7.89. The Labute approximate surface area is 199 Å². The first-order valence-electron chi connectivity index (χ1n) is 9.97. The fraction of sp³-hybridized carbons (Fsp3) is 0.350. The maximum atomic E-state index is 14.9. The molecule has 0 bridgehead atoms. The molecule has 1 amide bonds. The summed E-state index contributed by atoms with van der Waals surface area (Å²) in [6.07, 6.45) is 4.57. The summed E-state index contributed by atoms with van der Waals surface area (Å²) in [7, 11) is -2.06. The molecule has 1 aromatic heterocycles. The maximum absolute atomic E-state index is 14.9. The molecule has 1 fully saturated rings. The monoisotopic (exact) mass is 518 g/mol. The lowest BCUT2D eigenvalue weighted by molar-refractivity contribution is -0.121. The molecule has 1 aromatic carbocycles. The van der Waals surface area contributed by atoms with Crippen molar-refractivity contribution >= 4 is 40.0 Å². The minimum atomic E-state index is -4.30. The Morgan fingerprint density at radius 1 is 1.29 bits per heavy atom. The van der Waals surface area contributed by atoms with Crippen LogP contribution in [0.15, 0.2) is 18.3 Å². The third kappa shape index (κ3) is 6.10. The van der Waals surface area contributed by atoms with Crippen molar-refractivity contribution in [3.05, 3.63) is 40.6 Å². The Balaban J connectivity index is 1.86. The number of anilines is 1. The van der Waals surface area contributed by atoms with E-state index >= 15 is 0 Å². The molecule has 0 atom stereocenters. The lowest BCUT2D eigenvalue weighted by atomic mass is 10.1. The van der Waals surface area contributed by atoms with Crippen LogP contribution in [-0.2, 0) is 15.0 Å². The smallest absolute Gasteiger partial charge is 0.303 e. The molecule has 10 nitrogen and oxygen atoms in total. The first-order chi connectivity index (χ1) is 16.0. The largest absolute Gasteiger partial charge is 0.449 e. The highest BCUT2D eigenvalue weighted by molar-refractivity contribution is 7.87. The van der Waals surface area contributed by atoms with Gasteiger partial charge in [0.05, 0.1) is 16.8 Å². The minimum Gasteiger partial charge on any atom is -0.449 e. The van der Waals surface area contributed by atoms with E-state index in [1.165, 1.54) is 25.1 Å². The van der Waals surface area contributed by atoms with Gasteiger partial charge < -0.3 is 14.8 Å². The van der Waals surface area contributed by atoms with Crippen LogP contribution in [0.25, 0.3) is 0 Å². The van der Waals surface area contributed by atoms with Crippen molar-refractivity contribution in [2.45, 2.75) is 19.3 Å². The predicted molar refractivity (Wildman–Crippen MR) is 118 cm³/mol. The number of pyridine rings is 1. The molecule has 1 heterocycles. The summed E-state index contributed by atoms with van der Waals surface area (Å²) in [5, 5.41) is 3.22. The van der Waals surface area contributed by atoms with E-state index in [4.69, 9.17) is 16.3 Å². The highest BCUT2D eigenvalue weighted by atomic mass is 35.5. The van der Waals surface area contributed by atoms with Crippen molar-refractivity contribution in [1.29, 1.82) is 0 Å². The number of benzene rings is 1. The van der Waals surface area contributed by atoms with Gasteiger partial charge in [-0.2, -0.15) is 12.7 Å². The number of carbonyl (C=O) groups is 2. The molecule has 1 aliphatic carbocycles. The van der Waals surface area contributed by atoms with Gasteiger partial charge in [-0.25, -0.2) is 18.5 Å². The number of hydrogen-bond acceptors (Lipinski definition) is 8. The second-order valence-electron chi connectivity index (χ2n) is 7.57. The third-order valence-electron chi connectivity index (χ3n) is 4.82. The Morgan fingerprint density at radius 3 is 2.59 bits per heavy atom. The molecule has 1 aliphatic rings. The maximum Gasteiger partial charge on any atom is 0.303 e. The quantitative estimate of drug-likeness (QED) is 0.434. The second-order valence-corrected chi connectivity index (χ2v) is 9.86. The van der Waals surface area contributed by atoms with Gasteiger partial charge in [0.2, 0.25) is 11.5 Å². The van der Waals surface area contributed by atoms with Crippen LogP contribution in [-0.4, -0.2) is 50.7 Å². The number of nitrogens with one attached hydrogen (secondary N) is 2. The van der Waals surface area contributed by atoms with Crippen LogP contribution in [0.1, 0.15) is 29.6 Å². The summed E-state index contributed by atoms with van der Waals surface area (Å²) in [5.41, 5.74) is -1.03. The summed E-state index contributed by atoms with van der Waals surface area (Å²) in [6, 6.07) is 1.70. The van der Waals surface area contributed by atoms with E-state index in [9.17, 15) is 26.8 Å². The van der Waals surface area contributed by atoms with E-state index in [2.05, 4.69) is 15.0 Å². The van der Waals surface area contributed by atoms with Gasteiger partial charge in [0.1, 0.15) is 11.6 Å². The number of ether oxygens (including phenoxy) is 2. The van der Waals surface area contributed by atoms with Gasteiger partial charge in [-0.3, -0.25) is 9.59 Å². The number of amides is 1. The van der Waals surface area contributed by atoms with Crippen LogP contribution < -0.4 is 19.5 Å². The number of hydrogen-bond donors (Lipinski definition) is 2. The molecule has 14 heteroatoms. The summed E-state index contributed by atoms with van der Waals surface area (Å²) in [4.78, 5) is 27.2. The summed E-state index contributed by atoms with van der Waals surface area (Å²) >= 11 is 6.18. The third-order valence-corrected chi connectivity index (χ3v) is 6.51. The first kappa shape index (κ1) is 25.6. The zero-order valence-corrected chi connectivity index (χ0v) is 19.7. The molecule has 1 saturated carbocycles. The molecule has 0 radical (unpaired) electrons. The van der Waals surface area contributed by atoms with E-state index in [1.54, 1.807) is 4.72 Å². The summed E-state index contributed by atoms with van der Waals surface area (Å²) in [5.74, 6) is -5.29. The fourth-order valence-electron chi connectivity index (χ4n) is 2.79. The van der Waals surface area contributed by atoms with Gasteiger partial charge in [0.25, 0.3) is 12.4 Å². The number of halogens is 3. The summed E-state index contributed by atoms with van der Waals surface area (Å²) < 4.78 is 65.4. The van der Waals surface area contributed by atoms with Crippen LogP contribution in [0.3, 0.4) is 0 Å². The zero-order valence-electron chi connectivity index (χ0n) is 18.1. The first-order valence-corrected chi connectivity index (χ1v) is 11.8. The van der Waals surface area contributed by atoms with Crippen LogP contribution in [0.5, 0.6) is 17.2 Å². The lowest BCUT2D eigenvalue weighted by Gasteiger charge is -2.16. The molecule has 184 valence electrons. The summed E-state index contributed by atoms with van der Waals surface area (Å²) in [6.45, 7) is 0.461. The van der Waals surface area contributed by atoms with Crippen LogP contribution in [0, 0.1) is 17.6 Å². The van der Waals surface area contributed by atoms with Gasteiger partial charge in [0.15, 0.2) is 11.6 Å². The van der Waals surface area contributed by atoms with Crippen molar-refractivity contribution in [3.63, 3.8) is 0 Å². The molecular weight excluding hydrogens is 498 g/mol. The average molecular weight is 519 g/mol. The van der Waals surface area contributed by atoms with Crippen molar-refractivity contribution in [2.24, 2.45) is 5.92 Å². The Morgan fingerprint density at radius 2 is 2.00 bits per heavy atom. The Hall–Kier alpha value is -3.03. The van der Waals surface area contributed by atoms with Gasteiger partial charge in [-0.05, 0) is 18.4 Å². The average Bonchev–Trinajstić information content (AvgIpc) is 3.58. The van der Waals surface area contributed by atoms with E-state index in [1.807, 2.05) is 0 Å². The van der Waals surface area contributed by atoms with Crippen LogP contribution in [0.4, 0.5) is 14.6 Å². The number of rotatable bonds is 11. The van der Waals surface area contributed by atoms with E-state index < -0.39 is 44.8 Å². The van der Waals surface area contributed by atoms with Crippen LogP contribution in [0.2, 0.25) is 5.02 Å². The molecule has 34 heavy (non-hydrogen) atoms. The molecule has 2 N–H and O–H groups in total. The number of aromatic nitrogens is 1. The molecule has 0 aliphatic heterocycles. The molecule has 0 spiro atoms. The number of carbonyl (C=O) groups excluding carboxylic acids is 2. The van der Waals surface area contributed by atoms with E-state index in [0.29, 0.717) is 28.7 Å². The molecule has 0 unspecified atom stereocenters. The van der Waals surface area contributed by atoms with Gasteiger partial charge >= 0.3 is 10.2 Å². The standard InChI is InChI=1S/C20H21ClF2N4O6S/c1-27(2)34(30,31)26-20(29)13-8-15(22)17(18(16(13)23)32-10-28)33-12-7-14(21)19(25-9-12)24-6-5-11-3-4-11/h7-11H,3-6H2,1-2H3,(H,24,25)(H,26,29). The van der Waals surface area contributed by atoms with Gasteiger partial charge in [0, 0.05) is 26.7 Å². The molecular formula is C20H21ClF2N4O6S. The van der Waals surface area contributed by atoms with Crippen LogP contribution >= 0.6 is 11.6 Å². The minimum absolute atomic E-state index is 0.112. The number of nitrogens with zero attached hydrogens (tertiary/aromatic N) is 2. The van der Waals surface area contributed by atoms with Gasteiger partial charge in [-0.15, -0.1) is 0 Å². The SMILES string of the molecule is CN(C)S(=O)(=O)NC(=O)c1cc(F)c(Oc2cnc(NCCC3CC3)c(Cl)c2)c(OC=O)c1F. The lowest BCUT2D eigenvalue weighted by Crippen LogP contribution is -2.39. The van der Waals surface area contributed by atoms with Crippen molar-refractivity contribution in [3.8, 4) is 17.2 Å². The molecule has 2 aromatic rings.